The highest BCUT2D eigenvalue weighted by atomic mass is 79.9. The van der Waals surface area contributed by atoms with Gasteiger partial charge in [-0.1, -0.05) is 45.7 Å². The maximum atomic E-state index is 13.7. The van der Waals surface area contributed by atoms with E-state index in [2.05, 4.69) is 15.9 Å². The Kier molecular flexibility index (Phi) is 4.55. The van der Waals surface area contributed by atoms with E-state index in [0.717, 1.165) is 0 Å². The molecule has 2 aromatic rings. The molecule has 0 saturated heterocycles. The molecule has 19 heavy (non-hydrogen) atoms. The topological polar surface area (TPSA) is 20.2 Å². The van der Waals surface area contributed by atoms with Gasteiger partial charge in [0.25, 0.3) is 0 Å². The van der Waals surface area contributed by atoms with E-state index in [1.54, 1.807) is 12.1 Å². The van der Waals surface area contributed by atoms with Crippen LogP contribution in [0.5, 0.6) is 0 Å². The molecule has 0 saturated carbocycles. The van der Waals surface area contributed by atoms with Gasteiger partial charge in [-0.15, -0.1) is 0 Å². The fourth-order valence-corrected chi connectivity index (χ4v) is 2.65. The minimum Gasteiger partial charge on any atom is -0.388 e. The van der Waals surface area contributed by atoms with E-state index in [9.17, 15) is 13.9 Å². The molecule has 0 aliphatic rings. The van der Waals surface area contributed by atoms with Gasteiger partial charge in [0.15, 0.2) is 0 Å². The lowest BCUT2D eigenvalue weighted by Gasteiger charge is -2.15. The summed E-state index contributed by atoms with van der Waals surface area (Å²) >= 11 is 9.00. The van der Waals surface area contributed by atoms with Crippen LogP contribution in [-0.4, -0.2) is 5.11 Å². The van der Waals surface area contributed by atoms with Gasteiger partial charge in [-0.05, 0) is 23.8 Å². The molecule has 5 heteroatoms. The van der Waals surface area contributed by atoms with Crippen LogP contribution >= 0.6 is 27.5 Å². The van der Waals surface area contributed by atoms with Crippen LogP contribution in [0.1, 0.15) is 17.2 Å². The van der Waals surface area contributed by atoms with E-state index in [0.29, 0.717) is 10.0 Å². The molecule has 0 aromatic heterocycles. The normalized spacial score (nSPS) is 12.5. The molecule has 0 amide bonds. The highest BCUT2D eigenvalue weighted by Gasteiger charge is 2.18. The third-order valence-corrected chi connectivity index (χ3v) is 3.89. The van der Waals surface area contributed by atoms with Gasteiger partial charge >= 0.3 is 0 Å². The molecular formula is C14H10BrClF2O. The lowest BCUT2D eigenvalue weighted by Crippen LogP contribution is -2.06. The third-order valence-electron chi connectivity index (χ3n) is 2.78. The number of hydrogen-bond acceptors (Lipinski definition) is 1. The highest BCUT2D eigenvalue weighted by Crippen LogP contribution is 2.30. The monoisotopic (exact) mass is 346 g/mol. The molecule has 2 rings (SSSR count). The lowest BCUT2D eigenvalue weighted by molar-refractivity contribution is 0.172. The Morgan fingerprint density at radius 3 is 2.42 bits per heavy atom. The van der Waals surface area contributed by atoms with Gasteiger partial charge in [0, 0.05) is 16.5 Å². The standard InChI is InChI=1S/C14H10BrClF2O/c15-9-4-2-5-10(17)13(9)12(19)7-8-3-1-6-11(18)14(8)16/h1-6,12,19H,7H2. The van der Waals surface area contributed by atoms with E-state index in [1.165, 1.54) is 24.3 Å². The second-order valence-electron chi connectivity index (χ2n) is 4.07. The molecule has 0 heterocycles. The Morgan fingerprint density at radius 2 is 1.74 bits per heavy atom. The summed E-state index contributed by atoms with van der Waals surface area (Å²) in [7, 11) is 0. The van der Waals surface area contributed by atoms with Gasteiger partial charge in [0.2, 0.25) is 0 Å². The van der Waals surface area contributed by atoms with Crippen LogP contribution in [0.25, 0.3) is 0 Å². The molecule has 0 spiro atoms. The van der Waals surface area contributed by atoms with E-state index < -0.39 is 17.7 Å². The molecule has 0 radical (unpaired) electrons. The van der Waals surface area contributed by atoms with Crippen LogP contribution in [0.3, 0.4) is 0 Å². The van der Waals surface area contributed by atoms with Gasteiger partial charge in [0.1, 0.15) is 11.6 Å². The first-order valence-electron chi connectivity index (χ1n) is 5.55. The maximum absolute atomic E-state index is 13.7. The summed E-state index contributed by atoms with van der Waals surface area (Å²) in [5.41, 5.74) is 0.576. The average molecular weight is 348 g/mol. The number of hydrogen-bond donors (Lipinski definition) is 1. The quantitative estimate of drug-likeness (QED) is 0.856. The zero-order valence-corrected chi connectivity index (χ0v) is 12.0. The highest BCUT2D eigenvalue weighted by molar-refractivity contribution is 9.10. The lowest BCUT2D eigenvalue weighted by atomic mass is 10.0. The molecule has 0 aliphatic heterocycles. The minimum absolute atomic E-state index is 0.0378. The molecule has 0 bridgehead atoms. The van der Waals surface area contributed by atoms with Gasteiger partial charge in [-0.25, -0.2) is 8.78 Å². The number of aliphatic hydroxyl groups is 1. The smallest absolute Gasteiger partial charge is 0.142 e. The molecule has 1 nitrogen and oxygen atoms in total. The van der Waals surface area contributed by atoms with E-state index in [4.69, 9.17) is 11.6 Å². The van der Waals surface area contributed by atoms with Crippen LogP contribution in [-0.2, 0) is 6.42 Å². The summed E-state index contributed by atoms with van der Waals surface area (Å²) in [6, 6.07) is 8.76. The molecule has 1 atom stereocenters. The molecule has 0 aliphatic carbocycles. The molecule has 2 aromatic carbocycles. The summed E-state index contributed by atoms with van der Waals surface area (Å²) in [5.74, 6) is -1.08. The number of aliphatic hydroxyl groups excluding tert-OH is 1. The number of halogens is 4. The van der Waals surface area contributed by atoms with Crippen molar-refractivity contribution in [3.8, 4) is 0 Å². The van der Waals surface area contributed by atoms with Crippen LogP contribution < -0.4 is 0 Å². The molecule has 0 fully saturated rings. The number of rotatable bonds is 3. The molecule has 100 valence electrons. The van der Waals surface area contributed by atoms with Crippen LogP contribution in [0.4, 0.5) is 8.78 Å². The number of benzene rings is 2. The molecule has 1 unspecified atom stereocenters. The summed E-state index contributed by atoms with van der Waals surface area (Å²) in [6.07, 6.45) is -1.06. The second kappa shape index (κ2) is 5.99. The predicted octanol–water partition coefficient (Wildman–Crippen LogP) is 4.66. The van der Waals surface area contributed by atoms with Crippen molar-refractivity contribution in [1.82, 2.24) is 0 Å². The maximum Gasteiger partial charge on any atom is 0.142 e. The predicted molar refractivity (Wildman–Crippen MR) is 74.2 cm³/mol. The first-order chi connectivity index (χ1) is 9.00. The summed E-state index contributed by atoms with van der Waals surface area (Å²) in [6.45, 7) is 0. The van der Waals surface area contributed by atoms with Crippen molar-refractivity contribution < 1.29 is 13.9 Å². The van der Waals surface area contributed by atoms with E-state index in [1.807, 2.05) is 0 Å². The summed E-state index contributed by atoms with van der Waals surface area (Å²) in [4.78, 5) is 0. The van der Waals surface area contributed by atoms with Gasteiger partial charge in [-0.3, -0.25) is 0 Å². The van der Waals surface area contributed by atoms with Crippen LogP contribution in [0, 0.1) is 11.6 Å². The van der Waals surface area contributed by atoms with Gasteiger partial charge < -0.3 is 5.11 Å². The SMILES string of the molecule is OC(Cc1cccc(F)c1Cl)c1c(F)cccc1Br. The van der Waals surface area contributed by atoms with Crippen molar-refractivity contribution in [1.29, 1.82) is 0 Å². The fraction of sp³-hybridized carbons (Fsp3) is 0.143. The minimum atomic E-state index is -1.10. The first kappa shape index (κ1) is 14.4. The van der Waals surface area contributed by atoms with Gasteiger partial charge in [0.05, 0.1) is 11.1 Å². The first-order valence-corrected chi connectivity index (χ1v) is 6.72. The summed E-state index contributed by atoms with van der Waals surface area (Å²) in [5, 5.41) is 10.1. The van der Waals surface area contributed by atoms with Crippen molar-refractivity contribution in [2.75, 3.05) is 0 Å². The fourth-order valence-electron chi connectivity index (χ4n) is 1.85. The Balaban J connectivity index is 2.31. The van der Waals surface area contributed by atoms with Gasteiger partial charge in [-0.2, -0.15) is 0 Å². The Hall–Kier alpha value is -0.970. The second-order valence-corrected chi connectivity index (χ2v) is 5.30. The van der Waals surface area contributed by atoms with Crippen molar-refractivity contribution in [3.63, 3.8) is 0 Å². The van der Waals surface area contributed by atoms with Crippen LogP contribution in [0.15, 0.2) is 40.9 Å². The molecular weight excluding hydrogens is 338 g/mol. The van der Waals surface area contributed by atoms with Crippen molar-refractivity contribution in [2.45, 2.75) is 12.5 Å². The largest absolute Gasteiger partial charge is 0.388 e. The van der Waals surface area contributed by atoms with Crippen molar-refractivity contribution in [2.24, 2.45) is 0 Å². The Labute approximate surface area is 123 Å². The Morgan fingerprint density at radius 1 is 1.11 bits per heavy atom. The zero-order chi connectivity index (χ0) is 14.0. The van der Waals surface area contributed by atoms with Crippen molar-refractivity contribution >= 4 is 27.5 Å². The van der Waals surface area contributed by atoms with Crippen molar-refractivity contribution in [3.05, 3.63) is 68.7 Å². The van der Waals surface area contributed by atoms with E-state index in [-0.39, 0.29) is 17.0 Å². The Bertz CT molecular complexity index is 584. The van der Waals surface area contributed by atoms with E-state index >= 15 is 0 Å². The zero-order valence-electron chi connectivity index (χ0n) is 9.71. The summed E-state index contributed by atoms with van der Waals surface area (Å²) < 4.78 is 27.4. The average Bonchev–Trinajstić information content (AvgIpc) is 2.35. The van der Waals surface area contributed by atoms with Crippen LogP contribution in [0.2, 0.25) is 5.02 Å². The molecule has 1 N–H and O–H groups in total. The third kappa shape index (κ3) is 3.14.